The Morgan fingerprint density at radius 1 is 1.06 bits per heavy atom. The zero-order valence-electron chi connectivity index (χ0n) is 9.68. The van der Waals surface area contributed by atoms with Gasteiger partial charge in [0, 0.05) is 0 Å². The molecule has 0 radical (unpaired) electrons. The third-order valence-electron chi connectivity index (χ3n) is 3.36. The van der Waals surface area contributed by atoms with Gasteiger partial charge in [-0.2, -0.15) is 0 Å². The van der Waals surface area contributed by atoms with Crippen LogP contribution >= 0.6 is 0 Å². The maximum Gasteiger partial charge on any atom is 0.0971 e. The molecule has 0 heterocycles. The molecule has 0 amide bonds. The Kier molecular flexibility index (Phi) is 4.17. The molecule has 1 fully saturated rings. The van der Waals surface area contributed by atoms with E-state index in [1.807, 2.05) is 36.4 Å². The Labute approximate surface area is 97.8 Å². The number of rotatable bonds is 3. The van der Waals surface area contributed by atoms with Gasteiger partial charge in [0.05, 0.1) is 6.10 Å². The Balaban J connectivity index is 1.91. The number of benzene rings is 1. The highest BCUT2D eigenvalue weighted by molar-refractivity contribution is 5.21. The smallest absolute Gasteiger partial charge is 0.0971 e. The van der Waals surface area contributed by atoms with E-state index < -0.39 is 6.10 Å². The predicted octanol–water partition coefficient (Wildman–Crippen LogP) is 3.86. The summed E-state index contributed by atoms with van der Waals surface area (Å²) in [7, 11) is 0. The van der Waals surface area contributed by atoms with Gasteiger partial charge in [-0.1, -0.05) is 61.7 Å². The zero-order valence-corrected chi connectivity index (χ0v) is 9.68. The molecule has 1 nitrogen and oxygen atoms in total. The van der Waals surface area contributed by atoms with E-state index in [4.69, 9.17) is 0 Å². The molecular weight excluding hydrogens is 196 g/mol. The van der Waals surface area contributed by atoms with Gasteiger partial charge in [-0.05, 0) is 24.3 Å². The Hall–Kier alpha value is -1.08. The normalized spacial score (nSPS) is 20.1. The van der Waals surface area contributed by atoms with E-state index in [1.165, 1.54) is 32.1 Å². The number of allylic oxidation sites excluding steroid dienone is 1. The number of aliphatic hydroxyl groups excluding tert-OH is 1. The first-order valence-electron chi connectivity index (χ1n) is 6.27. The molecule has 0 saturated heterocycles. The van der Waals surface area contributed by atoms with Crippen molar-refractivity contribution in [1.29, 1.82) is 0 Å². The molecule has 1 aliphatic rings. The maximum atomic E-state index is 9.96. The van der Waals surface area contributed by atoms with Crippen LogP contribution in [0.15, 0.2) is 42.5 Å². The monoisotopic (exact) mass is 216 g/mol. The summed E-state index contributed by atoms with van der Waals surface area (Å²) >= 11 is 0. The van der Waals surface area contributed by atoms with Crippen LogP contribution in [0.25, 0.3) is 0 Å². The largest absolute Gasteiger partial charge is 0.384 e. The third kappa shape index (κ3) is 3.21. The van der Waals surface area contributed by atoms with Crippen LogP contribution in [0.5, 0.6) is 0 Å². The summed E-state index contributed by atoms with van der Waals surface area (Å²) in [5.41, 5.74) is 0.981. The molecular formula is C15H20O. The fourth-order valence-corrected chi connectivity index (χ4v) is 2.35. The van der Waals surface area contributed by atoms with Crippen molar-refractivity contribution < 1.29 is 5.11 Å². The summed E-state index contributed by atoms with van der Waals surface area (Å²) in [6.45, 7) is 0. The van der Waals surface area contributed by atoms with Crippen LogP contribution in [0.4, 0.5) is 0 Å². The quantitative estimate of drug-likeness (QED) is 0.761. The molecule has 0 bridgehead atoms. The lowest BCUT2D eigenvalue weighted by molar-refractivity contribution is 0.227. The average molecular weight is 216 g/mol. The van der Waals surface area contributed by atoms with Gasteiger partial charge in [0.15, 0.2) is 0 Å². The zero-order chi connectivity index (χ0) is 11.2. The minimum absolute atomic E-state index is 0.442. The Morgan fingerprint density at radius 2 is 1.75 bits per heavy atom. The van der Waals surface area contributed by atoms with Gasteiger partial charge < -0.3 is 5.11 Å². The van der Waals surface area contributed by atoms with Crippen LogP contribution in [0.3, 0.4) is 0 Å². The lowest BCUT2D eigenvalue weighted by Gasteiger charge is -2.18. The van der Waals surface area contributed by atoms with Crippen molar-refractivity contribution in [3.63, 3.8) is 0 Å². The van der Waals surface area contributed by atoms with E-state index >= 15 is 0 Å². The van der Waals surface area contributed by atoms with Crippen LogP contribution in [-0.4, -0.2) is 5.11 Å². The van der Waals surface area contributed by atoms with Gasteiger partial charge in [0.2, 0.25) is 0 Å². The minimum atomic E-state index is -0.442. The third-order valence-corrected chi connectivity index (χ3v) is 3.36. The van der Waals surface area contributed by atoms with Crippen LogP contribution in [0, 0.1) is 5.92 Å². The van der Waals surface area contributed by atoms with Crippen molar-refractivity contribution in [2.24, 2.45) is 5.92 Å². The first-order valence-corrected chi connectivity index (χ1v) is 6.27. The Morgan fingerprint density at radius 3 is 2.44 bits per heavy atom. The van der Waals surface area contributed by atoms with Crippen LogP contribution in [0.2, 0.25) is 0 Å². The highest BCUT2D eigenvalue weighted by Gasteiger charge is 2.10. The molecule has 1 aliphatic carbocycles. The molecule has 1 atom stereocenters. The van der Waals surface area contributed by atoms with Gasteiger partial charge in [-0.3, -0.25) is 0 Å². The number of aliphatic hydroxyl groups is 1. The molecule has 0 aromatic heterocycles. The molecule has 1 N–H and O–H groups in total. The highest BCUT2D eigenvalue weighted by atomic mass is 16.3. The molecule has 0 spiro atoms. The van der Waals surface area contributed by atoms with E-state index in [1.54, 1.807) is 0 Å². The first kappa shape index (κ1) is 11.4. The van der Waals surface area contributed by atoms with E-state index in [9.17, 15) is 5.11 Å². The molecule has 1 saturated carbocycles. The van der Waals surface area contributed by atoms with E-state index in [-0.39, 0.29) is 0 Å². The molecule has 0 aliphatic heterocycles. The SMILES string of the molecule is OC(/C=C\C1CCCCC1)c1ccccc1. The molecule has 1 aromatic carbocycles. The van der Waals surface area contributed by atoms with Crippen LogP contribution < -0.4 is 0 Å². The van der Waals surface area contributed by atoms with Gasteiger partial charge in [-0.25, -0.2) is 0 Å². The van der Waals surface area contributed by atoms with Crippen molar-refractivity contribution in [3.8, 4) is 0 Å². The summed E-state index contributed by atoms with van der Waals surface area (Å²) in [5.74, 6) is 0.687. The maximum absolute atomic E-state index is 9.96. The molecule has 1 heteroatoms. The van der Waals surface area contributed by atoms with Gasteiger partial charge in [0.1, 0.15) is 0 Å². The van der Waals surface area contributed by atoms with Gasteiger partial charge in [0.25, 0.3) is 0 Å². The molecule has 16 heavy (non-hydrogen) atoms. The standard InChI is InChI=1S/C15H20O/c16-15(14-9-5-2-6-10-14)12-11-13-7-3-1-4-8-13/h2,5-6,9-13,15-16H,1,3-4,7-8H2/b12-11-. The van der Waals surface area contributed by atoms with Gasteiger partial charge >= 0.3 is 0 Å². The average Bonchev–Trinajstić information content (AvgIpc) is 2.38. The predicted molar refractivity (Wildman–Crippen MR) is 67.1 cm³/mol. The summed E-state index contributed by atoms with van der Waals surface area (Å²) in [5, 5.41) is 9.96. The fourth-order valence-electron chi connectivity index (χ4n) is 2.35. The summed E-state index contributed by atoms with van der Waals surface area (Å²) in [6, 6.07) is 9.84. The van der Waals surface area contributed by atoms with Crippen molar-refractivity contribution in [1.82, 2.24) is 0 Å². The first-order chi connectivity index (χ1) is 7.86. The Bertz CT molecular complexity index is 323. The van der Waals surface area contributed by atoms with E-state index in [0.29, 0.717) is 5.92 Å². The summed E-state index contributed by atoms with van der Waals surface area (Å²) < 4.78 is 0. The molecule has 86 valence electrons. The minimum Gasteiger partial charge on any atom is -0.384 e. The second kappa shape index (κ2) is 5.86. The van der Waals surface area contributed by atoms with E-state index in [0.717, 1.165) is 5.56 Å². The van der Waals surface area contributed by atoms with Crippen LogP contribution in [-0.2, 0) is 0 Å². The van der Waals surface area contributed by atoms with Crippen molar-refractivity contribution in [3.05, 3.63) is 48.0 Å². The molecule has 1 unspecified atom stereocenters. The lowest BCUT2D eigenvalue weighted by atomic mass is 9.88. The second-order valence-corrected chi connectivity index (χ2v) is 4.64. The number of hydrogen-bond acceptors (Lipinski definition) is 1. The summed E-state index contributed by atoms with van der Waals surface area (Å²) in [4.78, 5) is 0. The van der Waals surface area contributed by atoms with E-state index in [2.05, 4.69) is 6.08 Å². The summed E-state index contributed by atoms with van der Waals surface area (Å²) in [6.07, 6.45) is 10.4. The number of hydrogen-bond donors (Lipinski definition) is 1. The van der Waals surface area contributed by atoms with Crippen molar-refractivity contribution in [2.75, 3.05) is 0 Å². The second-order valence-electron chi connectivity index (χ2n) is 4.64. The van der Waals surface area contributed by atoms with Crippen molar-refractivity contribution in [2.45, 2.75) is 38.2 Å². The van der Waals surface area contributed by atoms with Gasteiger partial charge in [-0.15, -0.1) is 0 Å². The van der Waals surface area contributed by atoms with Crippen LogP contribution in [0.1, 0.15) is 43.8 Å². The molecule has 2 rings (SSSR count). The topological polar surface area (TPSA) is 20.2 Å². The lowest BCUT2D eigenvalue weighted by Crippen LogP contribution is -2.03. The highest BCUT2D eigenvalue weighted by Crippen LogP contribution is 2.25. The van der Waals surface area contributed by atoms with Crippen molar-refractivity contribution >= 4 is 0 Å². The molecule has 1 aromatic rings. The fraction of sp³-hybridized carbons (Fsp3) is 0.467.